The van der Waals surface area contributed by atoms with Crippen LogP contribution in [0.3, 0.4) is 0 Å². The Kier molecular flexibility index (Phi) is 3.38. The summed E-state index contributed by atoms with van der Waals surface area (Å²) >= 11 is 0. The molecule has 0 aliphatic heterocycles. The molecule has 2 aromatic rings. The number of aryl methyl sites for hydroxylation is 1. The third kappa shape index (κ3) is 2.05. The van der Waals surface area contributed by atoms with E-state index in [2.05, 4.69) is 22.0 Å². The van der Waals surface area contributed by atoms with E-state index in [0.29, 0.717) is 6.54 Å². The highest BCUT2D eigenvalue weighted by atomic mass is 16.5. The minimum absolute atomic E-state index is 0.0473. The maximum Gasteiger partial charge on any atom is 0.239 e. The van der Waals surface area contributed by atoms with Crippen LogP contribution >= 0.6 is 0 Å². The number of nitrogens with one attached hydrogen (secondary N) is 1. The number of aromatic nitrogens is 1. The minimum Gasteiger partial charge on any atom is -0.497 e. The average Bonchev–Trinajstić information content (AvgIpc) is 2.81. The van der Waals surface area contributed by atoms with Crippen molar-refractivity contribution in [2.75, 3.05) is 14.2 Å². The largest absolute Gasteiger partial charge is 0.497 e. The van der Waals surface area contributed by atoms with Crippen molar-refractivity contribution in [3.8, 4) is 5.75 Å². The Labute approximate surface area is 118 Å². The molecule has 0 radical (unpaired) electrons. The fourth-order valence-corrected chi connectivity index (χ4v) is 3.15. The molecular formula is C16H20N2O2. The summed E-state index contributed by atoms with van der Waals surface area (Å²) in [5.74, 6) is 0.925. The molecule has 106 valence electrons. The number of nitrogens with zero attached hydrogens (tertiary/aromatic N) is 1. The number of carbonyl (C=O) groups excluding carboxylic acids is 1. The van der Waals surface area contributed by atoms with E-state index in [0.717, 1.165) is 24.1 Å². The fraction of sp³-hybridized carbons (Fsp3) is 0.438. The zero-order chi connectivity index (χ0) is 14.1. The number of benzene rings is 1. The van der Waals surface area contributed by atoms with Crippen LogP contribution in [0.5, 0.6) is 5.75 Å². The number of carbonyl (C=O) groups is 1. The van der Waals surface area contributed by atoms with Crippen molar-refractivity contribution in [2.45, 2.75) is 32.2 Å². The lowest BCUT2D eigenvalue weighted by Gasteiger charge is -2.15. The van der Waals surface area contributed by atoms with Gasteiger partial charge in [0.05, 0.1) is 7.11 Å². The summed E-state index contributed by atoms with van der Waals surface area (Å²) in [6.07, 6.45) is 4.58. The molecule has 0 fully saturated rings. The molecule has 1 aromatic heterocycles. The van der Waals surface area contributed by atoms with E-state index in [-0.39, 0.29) is 5.91 Å². The number of methoxy groups -OCH3 is 1. The quantitative estimate of drug-likeness (QED) is 0.931. The molecule has 0 atom stereocenters. The number of hydrogen-bond acceptors (Lipinski definition) is 2. The summed E-state index contributed by atoms with van der Waals surface area (Å²) in [5.41, 5.74) is 3.86. The molecule has 1 amide bonds. The molecule has 3 rings (SSSR count). The first-order chi connectivity index (χ1) is 9.74. The van der Waals surface area contributed by atoms with Crippen LogP contribution in [0.2, 0.25) is 0 Å². The highest BCUT2D eigenvalue weighted by Crippen LogP contribution is 2.34. The highest BCUT2D eigenvalue weighted by Gasteiger charge is 2.21. The summed E-state index contributed by atoms with van der Waals surface area (Å²) in [4.78, 5) is 11.8. The number of likely N-dealkylation sites (N-methyl/N-ethyl adjacent to an activating group) is 1. The summed E-state index contributed by atoms with van der Waals surface area (Å²) in [6, 6.07) is 6.13. The van der Waals surface area contributed by atoms with Gasteiger partial charge in [-0.15, -0.1) is 0 Å². The Morgan fingerprint density at radius 3 is 2.90 bits per heavy atom. The first-order valence-electron chi connectivity index (χ1n) is 7.13. The predicted molar refractivity (Wildman–Crippen MR) is 79.2 cm³/mol. The Morgan fingerprint density at radius 1 is 1.35 bits per heavy atom. The zero-order valence-corrected chi connectivity index (χ0v) is 12.0. The molecule has 0 spiro atoms. The second-order valence-electron chi connectivity index (χ2n) is 5.27. The van der Waals surface area contributed by atoms with Crippen molar-refractivity contribution in [1.29, 1.82) is 0 Å². The second-order valence-corrected chi connectivity index (χ2v) is 5.27. The van der Waals surface area contributed by atoms with E-state index < -0.39 is 0 Å². The van der Waals surface area contributed by atoms with Crippen molar-refractivity contribution in [2.24, 2.45) is 0 Å². The highest BCUT2D eigenvalue weighted by molar-refractivity contribution is 5.89. The van der Waals surface area contributed by atoms with Crippen molar-refractivity contribution >= 4 is 16.8 Å². The van der Waals surface area contributed by atoms with Gasteiger partial charge in [-0.05, 0) is 49.4 Å². The molecule has 1 heterocycles. The normalized spacial score (nSPS) is 14.1. The molecule has 0 saturated carbocycles. The summed E-state index contributed by atoms with van der Waals surface area (Å²) in [5, 5.41) is 3.95. The Balaban J connectivity index is 2.19. The van der Waals surface area contributed by atoms with E-state index in [4.69, 9.17) is 4.74 Å². The van der Waals surface area contributed by atoms with Crippen LogP contribution in [0.1, 0.15) is 24.1 Å². The molecule has 0 saturated heterocycles. The van der Waals surface area contributed by atoms with Gasteiger partial charge in [-0.2, -0.15) is 0 Å². The number of fused-ring (bicyclic) bond motifs is 3. The number of hydrogen-bond donors (Lipinski definition) is 1. The van der Waals surface area contributed by atoms with Crippen molar-refractivity contribution in [1.82, 2.24) is 9.88 Å². The van der Waals surface area contributed by atoms with Crippen LogP contribution < -0.4 is 10.1 Å². The first-order valence-corrected chi connectivity index (χ1v) is 7.13. The lowest BCUT2D eigenvalue weighted by molar-refractivity contribution is -0.121. The van der Waals surface area contributed by atoms with E-state index >= 15 is 0 Å². The van der Waals surface area contributed by atoms with Crippen molar-refractivity contribution < 1.29 is 9.53 Å². The minimum atomic E-state index is 0.0473. The molecule has 20 heavy (non-hydrogen) atoms. The van der Waals surface area contributed by atoms with Crippen molar-refractivity contribution in [3.63, 3.8) is 0 Å². The van der Waals surface area contributed by atoms with E-state index in [1.807, 2.05) is 6.07 Å². The van der Waals surface area contributed by atoms with Crippen LogP contribution in [0.15, 0.2) is 18.2 Å². The van der Waals surface area contributed by atoms with E-state index in [1.165, 1.54) is 29.5 Å². The SMILES string of the molecule is CNC(=O)Cn1c2c(c3cc(OC)ccc31)CCCC2. The number of ether oxygens (including phenoxy) is 1. The molecule has 1 aliphatic rings. The Bertz CT molecular complexity index is 658. The molecule has 4 nitrogen and oxygen atoms in total. The fourth-order valence-electron chi connectivity index (χ4n) is 3.15. The van der Waals surface area contributed by atoms with Crippen LogP contribution in [-0.4, -0.2) is 24.6 Å². The summed E-state index contributed by atoms with van der Waals surface area (Å²) in [6.45, 7) is 0.397. The Hall–Kier alpha value is -1.97. The third-order valence-corrected chi connectivity index (χ3v) is 4.16. The van der Waals surface area contributed by atoms with Crippen LogP contribution in [-0.2, 0) is 24.2 Å². The van der Waals surface area contributed by atoms with Gasteiger partial charge >= 0.3 is 0 Å². The van der Waals surface area contributed by atoms with Crippen LogP contribution in [0.25, 0.3) is 10.9 Å². The van der Waals surface area contributed by atoms with Crippen molar-refractivity contribution in [3.05, 3.63) is 29.5 Å². The smallest absolute Gasteiger partial charge is 0.239 e. The van der Waals surface area contributed by atoms with Gasteiger partial charge in [0.15, 0.2) is 0 Å². The zero-order valence-electron chi connectivity index (χ0n) is 12.0. The van der Waals surface area contributed by atoms with Gasteiger partial charge in [0.1, 0.15) is 12.3 Å². The molecule has 0 bridgehead atoms. The molecule has 1 aliphatic carbocycles. The van der Waals surface area contributed by atoms with E-state index in [9.17, 15) is 4.79 Å². The molecular weight excluding hydrogens is 252 g/mol. The first kappa shape index (κ1) is 13.0. The van der Waals surface area contributed by atoms with E-state index in [1.54, 1.807) is 14.2 Å². The maximum atomic E-state index is 11.8. The average molecular weight is 272 g/mol. The van der Waals surface area contributed by atoms with Crippen LogP contribution in [0, 0.1) is 0 Å². The second kappa shape index (κ2) is 5.19. The molecule has 1 N–H and O–H groups in total. The summed E-state index contributed by atoms with van der Waals surface area (Å²) < 4.78 is 7.51. The molecule has 4 heteroatoms. The summed E-state index contributed by atoms with van der Waals surface area (Å²) in [7, 11) is 3.37. The third-order valence-electron chi connectivity index (χ3n) is 4.16. The van der Waals surface area contributed by atoms with Gasteiger partial charge in [-0.1, -0.05) is 0 Å². The van der Waals surface area contributed by atoms with Gasteiger partial charge in [0.25, 0.3) is 0 Å². The molecule has 1 aromatic carbocycles. The topological polar surface area (TPSA) is 43.3 Å². The Morgan fingerprint density at radius 2 is 2.15 bits per heavy atom. The lowest BCUT2D eigenvalue weighted by atomic mass is 9.95. The van der Waals surface area contributed by atoms with Gasteiger partial charge in [-0.25, -0.2) is 0 Å². The monoisotopic (exact) mass is 272 g/mol. The van der Waals surface area contributed by atoms with Gasteiger partial charge in [0, 0.05) is 23.6 Å². The lowest BCUT2D eigenvalue weighted by Crippen LogP contribution is -2.24. The van der Waals surface area contributed by atoms with Gasteiger partial charge in [-0.3, -0.25) is 4.79 Å². The van der Waals surface area contributed by atoms with Gasteiger partial charge < -0.3 is 14.6 Å². The maximum absolute atomic E-state index is 11.8. The van der Waals surface area contributed by atoms with Crippen LogP contribution in [0.4, 0.5) is 0 Å². The standard InChI is InChI=1S/C16H20N2O2/c1-17-16(19)10-18-14-6-4-3-5-12(14)13-9-11(20-2)7-8-15(13)18/h7-9H,3-6,10H2,1-2H3,(H,17,19). The predicted octanol–water partition coefficient (Wildman–Crippen LogP) is 2.27. The van der Waals surface area contributed by atoms with Gasteiger partial charge in [0.2, 0.25) is 5.91 Å². The number of amides is 1. The number of rotatable bonds is 3. The molecule has 0 unspecified atom stereocenters.